The number of nitrogens with zero attached hydrogens (tertiary/aromatic N) is 3. The number of aliphatic hydroxyl groups excluding tert-OH is 1. The molecule has 2 saturated heterocycles. The van der Waals surface area contributed by atoms with Crippen molar-refractivity contribution in [2.75, 3.05) is 40.0 Å². The van der Waals surface area contributed by atoms with E-state index >= 15 is 0 Å². The van der Waals surface area contributed by atoms with Crippen LogP contribution < -0.4 is 4.74 Å². The molecular weight excluding hydrogens is 598 g/mol. The van der Waals surface area contributed by atoms with E-state index in [4.69, 9.17) is 18.9 Å². The van der Waals surface area contributed by atoms with Crippen LogP contribution in [-0.2, 0) is 23.8 Å². The van der Waals surface area contributed by atoms with Crippen LogP contribution in [0, 0.1) is 40.4 Å². The average molecular weight is 648 g/mol. The second-order valence-corrected chi connectivity index (χ2v) is 15.9. The van der Waals surface area contributed by atoms with Gasteiger partial charge in [0.25, 0.3) is 0 Å². The number of rotatable bonds is 6. The number of methoxy groups -OCH3 is 1. The van der Waals surface area contributed by atoms with Crippen molar-refractivity contribution in [3.8, 4) is 5.75 Å². The first-order chi connectivity index (χ1) is 22.5. The molecule has 4 heterocycles. The molecule has 47 heavy (non-hydrogen) atoms. The Morgan fingerprint density at radius 3 is 2.55 bits per heavy atom. The lowest BCUT2D eigenvalue weighted by Crippen LogP contribution is -2.64. The third-order valence-corrected chi connectivity index (χ3v) is 14.1. The number of ketones is 1. The van der Waals surface area contributed by atoms with E-state index in [-0.39, 0.29) is 41.2 Å². The summed E-state index contributed by atoms with van der Waals surface area (Å²) in [6.07, 6.45) is 9.36. The Labute approximate surface area is 277 Å². The largest absolute Gasteiger partial charge is 0.494 e. The minimum atomic E-state index is -0.896. The van der Waals surface area contributed by atoms with Gasteiger partial charge in [-0.15, -0.1) is 0 Å². The van der Waals surface area contributed by atoms with Gasteiger partial charge in [0.1, 0.15) is 17.8 Å². The molecule has 11 atom stereocenters. The summed E-state index contributed by atoms with van der Waals surface area (Å²) in [6, 6.07) is 0. The molecular formula is C37H49N3O7. The number of allylic oxidation sites excluding steroid dienone is 1. The van der Waals surface area contributed by atoms with Crippen LogP contribution in [0.2, 0.25) is 0 Å². The highest BCUT2D eigenvalue weighted by atomic mass is 16.6. The highest BCUT2D eigenvalue weighted by Gasteiger charge is 2.81. The summed E-state index contributed by atoms with van der Waals surface area (Å²) in [6.45, 7) is 12.7. The zero-order chi connectivity index (χ0) is 32.9. The van der Waals surface area contributed by atoms with Crippen molar-refractivity contribution < 1.29 is 33.6 Å². The normalized spacial score (nSPS) is 43.6. The number of fused-ring (bicyclic) bond motifs is 4. The number of hydrogen-bond donors (Lipinski definition) is 1. The van der Waals surface area contributed by atoms with Gasteiger partial charge in [-0.25, -0.2) is 14.8 Å². The Balaban J connectivity index is 1.02. The van der Waals surface area contributed by atoms with E-state index in [2.05, 4.69) is 42.6 Å². The van der Waals surface area contributed by atoms with E-state index in [1.54, 1.807) is 25.6 Å². The number of carbonyl (C=O) groups is 2. The number of ether oxygens (including phenoxy) is 4. The van der Waals surface area contributed by atoms with E-state index in [1.165, 1.54) is 0 Å². The van der Waals surface area contributed by atoms with E-state index < -0.39 is 17.1 Å². The minimum absolute atomic E-state index is 0.0130. The van der Waals surface area contributed by atoms with Crippen molar-refractivity contribution in [1.29, 1.82) is 0 Å². The topological polar surface area (TPSA) is 124 Å². The van der Waals surface area contributed by atoms with Gasteiger partial charge in [0, 0.05) is 26.1 Å². The van der Waals surface area contributed by atoms with E-state index in [1.807, 2.05) is 0 Å². The number of morpholine rings is 1. The predicted octanol–water partition coefficient (Wildman–Crippen LogP) is 4.02. The van der Waals surface area contributed by atoms with Crippen molar-refractivity contribution in [3.05, 3.63) is 35.4 Å². The molecule has 1 N–H and O–H groups in total. The van der Waals surface area contributed by atoms with Gasteiger partial charge in [-0.2, -0.15) is 0 Å². The molecule has 0 aromatic carbocycles. The number of cyclic esters (lactones) is 1. The fraction of sp³-hybridized carbons (Fsp3) is 0.730. The number of hydrogen-bond acceptors (Lipinski definition) is 10. The predicted molar refractivity (Wildman–Crippen MR) is 172 cm³/mol. The molecule has 10 heteroatoms. The molecule has 10 nitrogen and oxygen atoms in total. The second-order valence-electron chi connectivity index (χ2n) is 15.9. The zero-order valence-electron chi connectivity index (χ0n) is 28.4. The molecule has 4 aliphatic carbocycles. The van der Waals surface area contributed by atoms with Crippen LogP contribution in [0.3, 0.4) is 0 Å². The van der Waals surface area contributed by atoms with Crippen LogP contribution in [0.15, 0.2) is 29.6 Å². The van der Waals surface area contributed by atoms with Crippen molar-refractivity contribution in [2.24, 2.45) is 40.4 Å². The third kappa shape index (κ3) is 4.50. The monoisotopic (exact) mass is 647 g/mol. The van der Waals surface area contributed by atoms with Gasteiger partial charge in [0.05, 0.1) is 55.4 Å². The van der Waals surface area contributed by atoms with Gasteiger partial charge >= 0.3 is 5.97 Å². The number of aromatic nitrogens is 2. The van der Waals surface area contributed by atoms with Crippen LogP contribution in [0.25, 0.3) is 5.57 Å². The number of Topliss-reactive ketones (excluding diaryl/α,β-unsaturated/α-hetero) is 1. The van der Waals surface area contributed by atoms with Gasteiger partial charge in [-0.05, 0) is 87.0 Å². The Morgan fingerprint density at radius 2 is 1.85 bits per heavy atom. The van der Waals surface area contributed by atoms with Gasteiger partial charge in [0.15, 0.2) is 17.4 Å². The molecule has 0 bridgehead atoms. The van der Waals surface area contributed by atoms with E-state index in [9.17, 15) is 14.7 Å². The zero-order valence-corrected chi connectivity index (χ0v) is 28.4. The first-order valence-corrected chi connectivity index (χ1v) is 17.7. The van der Waals surface area contributed by atoms with Crippen LogP contribution in [0.4, 0.5) is 0 Å². The maximum atomic E-state index is 14.6. The SMILES string of the molecule is COc1cnc(C2=C[C@H](O)[C@@]34O[C@@H]3C[C@H]3[C@@H]5CC[C@H]([C@H](C)C6CC(C)=C(CN7CCOCC7)C(=O)O6)[C@@]5(C)CC[C@@H]3[C@@]4(C)C2=O)nc1. The fourth-order valence-corrected chi connectivity index (χ4v) is 11.5. The van der Waals surface area contributed by atoms with Crippen LogP contribution >= 0.6 is 0 Å². The summed E-state index contributed by atoms with van der Waals surface area (Å²) in [5.41, 5.74) is 0.704. The summed E-state index contributed by atoms with van der Waals surface area (Å²) in [5.74, 6) is 2.19. The van der Waals surface area contributed by atoms with Gasteiger partial charge in [-0.3, -0.25) is 9.69 Å². The van der Waals surface area contributed by atoms with Gasteiger partial charge in [-0.1, -0.05) is 19.4 Å². The molecule has 254 valence electrons. The van der Waals surface area contributed by atoms with Crippen molar-refractivity contribution in [2.45, 2.75) is 90.1 Å². The standard InChI is InChI=1S/C37H49N3O7/c1-20-14-29(46-34(43)25(20)19-40-10-12-45-13-11-40)21(2)26-6-7-27-23-16-31-37(47-31)30(41)15-24(33-38-17-22(44-5)18-39-33)32(42)36(37,4)28(23)8-9-35(26,27)3/h15,17-18,21,23,26-31,41H,6-14,16,19H2,1-5H3/t21-,23-,26+,27-,28-,29?,30-,31+,35+,36-,37+/m0/s1. The third-order valence-electron chi connectivity index (χ3n) is 14.1. The minimum Gasteiger partial charge on any atom is -0.494 e. The van der Waals surface area contributed by atoms with E-state index in [0.29, 0.717) is 54.7 Å². The number of esters is 1. The fourth-order valence-electron chi connectivity index (χ4n) is 11.5. The number of carbonyl (C=O) groups excluding carboxylic acids is 2. The molecule has 3 aliphatic heterocycles. The lowest BCUT2D eigenvalue weighted by atomic mass is 9.43. The van der Waals surface area contributed by atoms with E-state index in [0.717, 1.165) is 62.8 Å². The second kappa shape index (κ2) is 11.2. The lowest BCUT2D eigenvalue weighted by molar-refractivity contribution is -0.155. The Hall–Kier alpha value is -2.66. The Bertz CT molecular complexity index is 1520. The average Bonchev–Trinajstić information content (AvgIpc) is 3.71. The van der Waals surface area contributed by atoms with Crippen LogP contribution in [0.1, 0.15) is 72.0 Å². The highest BCUT2D eigenvalue weighted by Crippen LogP contribution is 2.73. The smallest absolute Gasteiger partial charge is 0.335 e. The first-order valence-electron chi connectivity index (χ1n) is 17.7. The Morgan fingerprint density at radius 1 is 1.11 bits per heavy atom. The molecule has 8 rings (SSSR count). The lowest BCUT2D eigenvalue weighted by Gasteiger charge is -2.58. The van der Waals surface area contributed by atoms with Crippen molar-refractivity contribution in [3.63, 3.8) is 0 Å². The molecule has 1 unspecified atom stereocenters. The van der Waals surface area contributed by atoms with Gasteiger partial charge in [0.2, 0.25) is 0 Å². The molecule has 1 aromatic heterocycles. The maximum absolute atomic E-state index is 14.6. The molecule has 1 spiro atoms. The summed E-state index contributed by atoms with van der Waals surface area (Å²) < 4.78 is 23.4. The molecule has 7 aliphatic rings. The molecule has 5 fully saturated rings. The summed E-state index contributed by atoms with van der Waals surface area (Å²) in [4.78, 5) is 39.1. The van der Waals surface area contributed by atoms with Gasteiger partial charge < -0.3 is 24.1 Å². The Kier molecular flexibility index (Phi) is 7.52. The molecule has 0 radical (unpaired) electrons. The summed E-state index contributed by atoms with van der Waals surface area (Å²) in [7, 11) is 1.55. The highest BCUT2D eigenvalue weighted by molar-refractivity contribution is 6.24. The van der Waals surface area contributed by atoms with Crippen molar-refractivity contribution >= 4 is 17.3 Å². The number of epoxide rings is 1. The summed E-state index contributed by atoms with van der Waals surface area (Å²) in [5, 5.41) is 11.6. The molecule has 1 aromatic rings. The van der Waals surface area contributed by atoms with Crippen LogP contribution in [0.5, 0.6) is 5.75 Å². The quantitative estimate of drug-likeness (QED) is 0.358. The molecule has 0 amide bonds. The molecule has 3 saturated carbocycles. The first kappa shape index (κ1) is 31.6. The maximum Gasteiger partial charge on any atom is 0.335 e. The van der Waals surface area contributed by atoms with Crippen molar-refractivity contribution in [1.82, 2.24) is 14.9 Å². The summed E-state index contributed by atoms with van der Waals surface area (Å²) >= 11 is 0. The van der Waals surface area contributed by atoms with Crippen LogP contribution in [-0.4, -0.2) is 95.6 Å². The number of aliphatic hydroxyl groups is 1.